The van der Waals surface area contributed by atoms with E-state index in [9.17, 15) is 9.59 Å². The van der Waals surface area contributed by atoms with Crippen molar-refractivity contribution in [2.45, 2.75) is 13.8 Å². The molecule has 2 aromatic carbocycles. The van der Waals surface area contributed by atoms with Crippen molar-refractivity contribution < 1.29 is 14.3 Å². The number of nitrogens with zero attached hydrogens (tertiary/aromatic N) is 2. The lowest BCUT2D eigenvalue weighted by molar-refractivity contribution is 0.0526. The number of aromatic nitrogens is 2. The predicted molar refractivity (Wildman–Crippen MR) is 98.7 cm³/mol. The summed E-state index contributed by atoms with van der Waals surface area (Å²) >= 11 is 0. The van der Waals surface area contributed by atoms with E-state index in [4.69, 9.17) is 4.74 Å². The molecule has 1 heterocycles. The molecule has 1 amide bonds. The molecule has 26 heavy (non-hydrogen) atoms. The van der Waals surface area contributed by atoms with Crippen molar-refractivity contribution in [3.8, 4) is 5.69 Å². The minimum Gasteiger partial charge on any atom is -0.462 e. The number of esters is 1. The predicted octanol–water partition coefficient (Wildman–Crippen LogP) is 3.61. The van der Waals surface area contributed by atoms with E-state index in [0.29, 0.717) is 23.4 Å². The summed E-state index contributed by atoms with van der Waals surface area (Å²) in [6.45, 7) is 3.92. The Bertz CT molecular complexity index is 915. The van der Waals surface area contributed by atoms with Crippen molar-refractivity contribution in [2.75, 3.05) is 11.9 Å². The summed E-state index contributed by atoms with van der Waals surface area (Å²) in [5, 5.41) is 7.12. The minimum absolute atomic E-state index is 0.256. The number of ether oxygens (including phenoxy) is 1. The highest BCUT2D eigenvalue weighted by molar-refractivity contribution is 6.05. The van der Waals surface area contributed by atoms with Crippen molar-refractivity contribution >= 4 is 17.6 Å². The van der Waals surface area contributed by atoms with Gasteiger partial charge in [0.25, 0.3) is 5.91 Å². The van der Waals surface area contributed by atoms with Crippen LogP contribution in [0, 0.1) is 6.92 Å². The zero-order valence-electron chi connectivity index (χ0n) is 14.6. The third-order valence-electron chi connectivity index (χ3n) is 3.91. The van der Waals surface area contributed by atoms with Gasteiger partial charge in [0.15, 0.2) is 0 Å². The van der Waals surface area contributed by atoms with Crippen LogP contribution in [-0.4, -0.2) is 28.3 Å². The second-order valence-corrected chi connectivity index (χ2v) is 5.64. The van der Waals surface area contributed by atoms with Crippen LogP contribution in [0.1, 0.15) is 33.3 Å². The van der Waals surface area contributed by atoms with E-state index in [0.717, 1.165) is 11.4 Å². The molecule has 0 bridgehead atoms. The summed E-state index contributed by atoms with van der Waals surface area (Å²) in [5.41, 5.74) is 3.16. The van der Waals surface area contributed by atoms with Crippen LogP contribution in [0.2, 0.25) is 0 Å². The number of carbonyl (C=O) groups is 2. The smallest absolute Gasteiger partial charge is 0.338 e. The number of para-hydroxylation sites is 1. The highest BCUT2D eigenvalue weighted by Crippen LogP contribution is 2.17. The Morgan fingerprint density at radius 3 is 2.42 bits per heavy atom. The van der Waals surface area contributed by atoms with E-state index in [1.54, 1.807) is 42.1 Å². The van der Waals surface area contributed by atoms with Gasteiger partial charge in [0.2, 0.25) is 0 Å². The summed E-state index contributed by atoms with van der Waals surface area (Å²) in [6.07, 6.45) is 1.55. The maximum absolute atomic E-state index is 12.5. The molecule has 0 aliphatic heterocycles. The Morgan fingerprint density at radius 2 is 1.77 bits per heavy atom. The molecule has 0 atom stereocenters. The lowest BCUT2D eigenvalue weighted by Gasteiger charge is -2.07. The van der Waals surface area contributed by atoms with Crippen molar-refractivity contribution in [3.05, 3.63) is 77.6 Å². The number of rotatable bonds is 5. The van der Waals surface area contributed by atoms with Crippen molar-refractivity contribution in [2.24, 2.45) is 0 Å². The van der Waals surface area contributed by atoms with Crippen LogP contribution in [0.25, 0.3) is 5.69 Å². The SMILES string of the molecule is CCOC(=O)c1ccc(NC(=O)c2cnn(-c3ccccc3)c2C)cc1. The molecule has 1 N–H and O–H groups in total. The van der Waals surface area contributed by atoms with E-state index in [1.807, 2.05) is 37.3 Å². The lowest BCUT2D eigenvalue weighted by atomic mass is 10.2. The largest absolute Gasteiger partial charge is 0.462 e. The molecular weight excluding hydrogens is 330 g/mol. The molecular formula is C20H19N3O3. The van der Waals surface area contributed by atoms with Crippen LogP contribution in [-0.2, 0) is 4.74 Å². The molecule has 6 heteroatoms. The number of hydrogen-bond acceptors (Lipinski definition) is 4. The van der Waals surface area contributed by atoms with Crippen LogP contribution in [0.15, 0.2) is 60.8 Å². The molecule has 0 aliphatic rings. The number of benzene rings is 2. The number of anilines is 1. The molecule has 3 aromatic rings. The number of hydrogen-bond donors (Lipinski definition) is 1. The van der Waals surface area contributed by atoms with Crippen LogP contribution in [0.5, 0.6) is 0 Å². The second kappa shape index (κ2) is 7.65. The summed E-state index contributed by atoms with van der Waals surface area (Å²) in [5.74, 6) is -0.640. The maximum Gasteiger partial charge on any atom is 0.338 e. The minimum atomic E-state index is -0.384. The van der Waals surface area contributed by atoms with E-state index in [2.05, 4.69) is 10.4 Å². The molecule has 0 saturated heterocycles. The number of nitrogens with one attached hydrogen (secondary N) is 1. The zero-order chi connectivity index (χ0) is 18.5. The van der Waals surface area contributed by atoms with Crippen LogP contribution >= 0.6 is 0 Å². The standard InChI is InChI=1S/C20H19N3O3/c1-3-26-20(25)15-9-11-16(12-10-15)22-19(24)18-13-21-23(14(18)2)17-7-5-4-6-8-17/h4-13H,3H2,1-2H3,(H,22,24). The summed E-state index contributed by atoms with van der Waals surface area (Å²) in [4.78, 5) is 24.2. The van der Waals surface area contributed by atoms with E-state index >= 15 is 0 Å². The first kappa shape index (κ1) is 17.4. The molecule has 6 nitrogen and oxygen atoms in total. The highest BCUT2D eigenvalue weighted by atomic mass is 16.5. The molecule has 0 unspecified atom stereocenters. The average molecular weight is 349 g/mol. The van der Waals surface area contributed by atoms with Crippen molar-refractivity contribution in [1.82, 2.24) is 9.78 Å². The Balaban J connectivity index is 1.75. The van der Waals surface area contributed by atoms with Gasteiger partial charge in [-0.25, -0.2) is 9.48 Å². The molecule has 3 rings (SSSR count). The Morgan fingerprint density at radius 1 is 1.08 bits per heavy atom. The fraction of sp³-hybridized carbons (Fsp3) is 0.150. The van der Waals surface area contributed by atoms with Gasteiger partial charge in [0, 0.05) is 5.69 Å². The van der Waals surface area contributed by atoms with Gasteiger partial charge in [-0.2, -0.15) is 5.10 Å². The summed E-state index contributed by atoms with van der Waals surface area (Å²) in [6, 6.07) is 16.2. The van der Waals surface area contributed by atoms with E-state index in [-0.39, 0.29) is 11.9 Å². The fourth-order valence-corrected chi connectivity index (χ4v) is 2.56. The van der Waals surface area contributed by atoms with Crippen LogP contribution in [0.4, 0.5) is 5.69 Å². The summed E-state index contributed by atoms with van der Waals surface area (Å²) in [7, 11) is 0. The van der Waals surface area contributed by atoms with Gasteiger partial charge in [0.1, 0.15) is 0 Å². The zero-order valence-corrected chi connectivity index (χ0v) is 14.6. The third kappa shape index (κ3) is 3.64. The molecule has 0 aliphatic carbocycles. The Hall–Kier alpha value is -3.41. The van der Waals surface area contributed by atoms with Gasteiger partial charge < -0.3 is 10.1 Å². The Labute approximate surface area is 151 Å². The number of carbonyl (C=O) groups excluding carboxylic acids is 2. The van der Waals surface area contributed by atoms with Gasteiger partial charge in [-0.05, 0) is 50.2 Å². The van der Waals surface area contributed by atoms with Crippen LogP contribution in [0.3, 0.4) is 0 Å². The molecule has 0 fully saturated rings. The molecule has 0 spiro atoms. The fourth-order valence-electron chi connectivity index (χ4n) is 2.56. The monoisotopic (exact) mass is 349 g/mol. The van der Waals surface area contributed by atoms with Gasteiger partial charge in [-0.15, -0.1) is 0 Å². The number of amides is 1. The van der Waals surface area contributed by atoms with Crippen molar-refractivity contribution in [3.63, 3.8) is 0 Å². The van der Waals surface area contributed by atoms with Gasteiger partial charge >= 0.3 is 5.97 Å². The van der Waals surface area contributed by atoms with E-state index < -0.39 is 0 Å². The van der Waals surface area contributed by atoms with E-state index in [1.165, 1.54) is 0 Å². The second-order valence-electron chi connectivity index (χ2n) is 5.64. The molecule has 0 radical (unpaired) electrons. The van der Waals surface area contributed by atoms with Gasteiger partial charge in [0.05, 0.1) is 35.3 Å². The van der Waals surface area contributed by atoms with Crippen molar-refractivity contribution in [1.29, 1.82) is 0 Å². The molecule has 1 aromatic heterocycles. The quantitative estimate of drug-likeness (QED) is 0.714. The first-order chi connectivity index (χ1) is 12.6. The average Bonchev–Trinajstić information content (AvgIpc) is 3.05. The van der Waals surface area contributed by atoms with Gasteiger partial charge in [-0.1, -0.05) is 18.2 Å². The lowest BCUT2D eigenvalue weighted by Crippen LogP contribution is -2.13. The van der Waals surface area contributed by atoms with Gasteiger partial charge in [-0.3, -0.25) is 4.79 Å². The molecule has 0 saturated carbocycles. The summed E-state index contributed by atoms with van der Waals surface area (Å²) < 4.78 is 6.66. The third-order valence-corrected chi connectivity index (χ3v) is 3.91. The Kier molecular flexibility index (Phi) is 5.12. The molecule has 132 valence electrons. The first-order valence-corrected chi connectivity index (χ1v) is 8.28. The first-order valence-electron chi connectivity index (χ1n) is 8.28. The topological polar surface area (TPSA) is 73.2 Å². The highest BCUT2D eigenvalue weighted by Gasteiger charge is 2.15. The van der Waals surface area contributed by atoms with Crippen LogP contribution < -0.4 is 5.32 Å². The maximum atomic E-state index is 12.5. The normalized spacial score (nSPS) is 10.4.